The molecule has 7 nitrogen and oxygen atoms in total. The molecule has 11 heteroatoms. The molecule has 2 aromatic carbocycles. The maximum Gasteiger partial charge on any atom is 0.328 e. The summed E-state index contributed by atoms with van der Waals surface area (Å²) >= 11 is 5.97. The Bertz CT molecular complexity index is 1100. The summed E-state index contributed by atoms with van der Waals surface area (Å²) in [7, 11) is -4.61. The molecule has 0 saturated carbocycles. The van der Waals surface area contributed by atoms with Crippen molar-refractivity contribution in [3.63, 3.8) is 0 Å². The molecule has 0 aromatic heterocycles. The van der Waals surface area contributed by atoms with Crippen LogP contribution < -0.4 is 20.1 Å². The number of amides is 2. The average Bonchev–Trinajstić information content (AvgIpc) is 2.73. The first-order valence-electron chi connectivity index (χ1n) is 10.5. The van der Waals surface area contributed by atoms with Crippen molar-refractivity contribution >= 4 is 27.7 Å². The van der Waals surface area contributed by atoms with Gasteiger partial charge in [-0.05, 0) is 50.4 Å². The van der Waals surface area contributed by atoms with Crippen LogP contribution >= 0.6 is 11.6 Å². The number of sulfonamides is 1. The predicted octanol–water partition coefficient (Wildman–Crippen LogP) is 3.79. The number of halogens is 3. The molecule has 3 N–H and O–H groups in total. The summed E-state index contributed by atoms with van der Waals surface area (Å²) in [6.45, 7) is 4.78. The predicted molar refractivity (Wildman–Crippen MR) is 121 cm³/mol. The van der Waals surface area contributed by atoms with Crippen molar-refractivity contribution in [2.24, 2.45) is 5.92 Å². The maximum atomic E-state index is 14.6. The van der Waals surface area contributed by atoms with Crippen LogP contribution in [-0.2, 0) is 10.0 Å². The Morgan fingerprint density at radius 2 is 1.91 bits per heavy atom. The minimum atomic E-state index is -4.61. The molecule has 3 rings (SSSR count). The van der Waals surface area contributed by atoms with Crippen molar-refractivity contribution in [2.75, 3.05) is 19.7 Å². The summed E-state index contributed by atoms with van der Waals surface area (Å²) < 4.78 is 61.0. The molecule has 0 spiro atoms. The smallest absolute Gasteiger partial charge is 0.328 e. The van der Waals surface area contributed by atoms with Gasteiger partial charge in [0.25, 0.3) is 10.0 Å². The van der Waals surface area contributed by atoms with E-state index < -0.39 is 38.3 Å². The summed E-state index contributed by atoms with van der Waals surface area (Å²) in [4.78, 5) is 10.7. The zero-order valence-corrected chi connectivity index (χ0v) is 19.8. The van der Waals surface area contributed by atoms with Crippen molar-refractivity contribution < 1.29 is 26.7 Å². The fourth-order valence-corrected chi connectivity index (χ4v) is 4.85. The van der Waals surface area contributed by atoms with Gasteiger partial charge in [-0.2, -0.15) is 0 Å². The van der Waals surface area contributed by atoms with E-state index in [4.69, 9.17) is 16.3 Å². The molecule has 2 amide bonds. The molecule has 1 fully saturated rings. The fourth-order valence-electron chi connectivity index (χ4n) is 3.74. The summed E-state index contributed by atoms with van der Waals surface area (Å²) in [5, 5.41) is 6.21. The van der Waals surface area contributed by atoms with Gasteiger partial charge in [0, 0.05) is 35.7 Å². The summed E-state index contributed by atoms with van der Waals surface area (Å²) in [5.74, 6) is -2.56. The van der Waals surface area contributed by atoms with Crippen LogP contribution in [0.4, 0.5) is 13.6 Å². The van der Waals surface area contributed by atoms with Crippen molar-refractivity contribution in [1.82, 2.24) is 15.4 Å². The number of hydrogen-bond donors (Lipinski definition) is 3. The molecule has 1 saturated heterocycles. The molecule has 2 atom stereocenters. The molecular weight excluding hydrogens is 476 g/mol. The second-order valence-electron chi connectivity index (χ2n) is 8.17. The van der Waals surface area contributed by atoms with Gasteiger partial charge < -0.3 is 15.4 Å². The standard InChI is InChI=1S/C22H26ClF2N3O4S/c1-13(2)27-22(29)28-33(30,31)21-10-18(24)20(9-19(21)25)32-12-15-11-26-8-7-17(15)14-3-5-16(23)6-4-14/h3-6,9-10,13,15,17,26H,7-8,11-12H2,1-2H3,(H2,27,28,29)/t15-,17-/m1/s1. The van der Waals surface area contributed by atoms with E-state index in [1.165, 1.54) is 0 Å². The maximum absolute atomic E-state index is 14.6. The molecule has 0 radical (unpaired) electrons. The molecule has 180 valence electrons. The van der Waals surface area contributed by atoms with Crippen LogP contribution in [0.15, 0.2) is 41.3 Å². The summed E-state index contributed by atoms with van der Waals surface area (Å²) in [6, 6.07) is 7.29. The average molecular weight is 502 g/mol. The number of nitrogens with one attached hydrogen (secondary N) is 3. The van der Waals surface area contributed by atoms with E-state index >= 15 is 0 Å². The topological polar surface area (TPSA) is 96.5 Å². The monoisotopic (exact) mass is 501 g/mol. The zero-order chi connectivity index (χ0) is 24.2. The van der Waals surface area contributed by atoms with E-state index in [1.807, 2.05) is 12.1 Å². The van der Waals surface area contributed by atoms with E-state index in [-0.39, 0.29) is 24.5 Å². The molecule has 2 aromatic rings. The van der Waals surface area contributed by atoms with Crippen molar-refractivity contribution in [1.29, 1.82) is 0 Å². The first kappa shape index (κ1) is 25.2. The molecule has 1 heterocycles. The first-order valence-corrected chi connectivity index (χ1v) is 12.3. The van der Waals surface area contributed by atoms with Gasteiger partial charge in [-0.25, -0.2) is 26.7 Å². The van der Waals surface area contributed by atoms with Gasteiger partial charge in [0.2, 0.25) is 0 Å². The second kappa shape index (κ2) is 10.7. The zero-order valence-electron chi connectivity index (χ0n) is 18.2. The minimum Gasteiger partial charge on any atom is -0.490 e. The summed E-state index contributed by atoms with van der Waals surface area (Å²) in [6.07, 6.45) is 0.841. The Morgan fingerprint density at radius 3 is 2.58 bits per heavy atom. The summed E-state index contributed by atoms with van der Waals surface area (Å²) in [5.41, 5.74) is 1.08. The van der Waals surface area contributed by atoms with E-state index in [2.05, 4.69) is 10.6 Å². The van der Waals surface area contributed by atoms with Gasteiger partial charge in [0.05, 0.1) is 6.61 Å². The second-order valence-corrected chi connectivity index (χ2v) is 10.3. The minimum absolute atomic E-state index is 0.0211. The van der Waals surface area contributed by atoms with Gasteiger partial charge in [-0.1, -0.05) is 23.7 Å². The highest BCUT2D eigenvalue weighted by Crippen LogP contribution is 2.32. The highest BCUT2D eigenvalue weighted by atomic mass is 35.5. The van der Waals surface area contributed by atoms with Crippen molar-refractivity contribution in [2.45, 2.75) is 37.1 Å². The third kappa shape index (κ3) is 6.55. The molecule has 1 aliphatic rings. The van der Waals surface area contributed by atoms with Crippen molar-refractivity contribution in [3.8, 4) is 5.75 Å². The lowest BCUT2D eigenvalue weighted by molar-refractivity contribution is 0.190. The van der Waals surface area contributed by atoms with Gasteiger partial charge in [0.1, 0.15) is 10.7 Å². The SMILES string of the molecule is CC(C)NC(=O)NS(=O)(=O)c1cc(F)c(OC[C@H]2CNCC[C@@H]2c2ccc(Cl)cc2)cc1F. The quantitative estimate of drug-likeness (QED) is 0.536. The Morgan fingerprint density at radius 1 is 1.21 bits per heavy atom. The highest BCUT2D eigenvalue weighted by Gasteiger charge is 2.29. The van der Waals surface area contributed by atoms with Crippen molar-refractivity contribution in [3.05, 3.63) is 58.6 Å². The Labute approximate surface area is 196 Å². The molecule has 0 unspecified atom stereocenters. The molecule has 1 aliphatic heterocycles. The van der Waals surface area contributed by atoms with Gasteiger partial charge in [-0.3, -0.25) is 0 Å². The Balaban J connectivity index is 1.73. The van der Waals surface area contributed by atoms with Crippen LogP contribution in [0.2, 0.25) is 5.02 Å². The van der Waals surface area contributed by atoms with Gasteiger partial charge >= 0.3 is 6.03 Å². The lowest BCUT2D eigenvalue weighted by Crippen LogP contribution is -2.42. The van der Waals surface area contributed by atoms with E-state index in [9.17, 15) is 22.0 Å². The van der Waals surface area contributed by atoms with Crippen LogP contribution in [0.1, 0.15) is 31.7 Å². The number of benzene rings is 2. The number of piperidine rings is 1. The largest absolute Gasteiger partial charge is 0.490 e. The van der Waals surface area contributed by atoms with Crippen LogP contribution in [0.5, 0.6) is 5.75 Å². The van der Waals surface area contributed by atoms with Crippen LogP contribution in [0.25, 0.3) is 0 Å². The highest BCUT2D eigenvalue weighted by molar-refractivity contribution is 7.90. The van der Waals surface area contributed by atoms with E-state index in [1.54, 1.807) is 30.7 Å². The van der Waals surface area contributed by atoms with Crippen LogP contribution in [0.3, 0.4) is 0 Å². The molecule has 0 aliphatic carbocycles. The third-order valence-electron chi connectivity index (χ3n) is 5.28. The van der Waals surface area contributed by atoms with E-state index in [0.29, 0.717) is 23.7 Å². The van der Waals surface area contributed by atoms with Crippen LogP contribution in [-0.4, -0.2) is 40.2 Å². The van der Waals surface area contributed by atoms with E-state index in [0.717, 1.165) is 18.5 Å². The number of carbonyl (C=O) groups excluding carboxylic acids is 1. The Hall–Kier alpha value is -2.43. The molecule has 33 heavy (non-hydrogen) atoms. The number of ether oxygens (including phenoxy) is 1. The lowest BCUT2D eigenvalue weighted by atomic mass is 9.81. The number of urea groups is 1. The van der Waals surface area contributed by atoms with Gasteiger partial charge in [0.15, 0.2) is 11.6 Å². The Kier molecular flexibility index (Phi) is 8.14. The molecular formula is C22H26ClF2N3O4S. The first-order chi connectivity index (χ1) is 15.6. The number of carbonyl (C=O) groups is 1. The molecule has 0 bridgehead atoms. The number of hydrogen-bond acceptors (Lipinski definition) is 5. The van der Waals surface area contributed by atoms with Gasteiger partial charge in [-0.15, -0.1) is 0 Å². The number of rotatable bonds is 7. The fraction of sp³-hybridized carbons (Fsp3) is 0.409. The lowest BCUT2D eigenvalue weighted by Gasteiger charge is -2.32. The normalized spacial score (nSPS) is 18.7. The third-order valence-corrected chi connectivity index (χ3v) is 6.88. The van der Waals surface area contributed by atoms with Crippen LogP contribution in [0, 0.1) is 17.6 Å².